The summed E-state index contributed by atoms with van der Waals surface area (Å²) in [5.41, 5.74) is 0.335. The van der Waals surface area contributed by atoms with Crippen molar-refractivity contribution in [1.82, 2.24) is 10.2 Å². The van der Waals surface area contributed by atoms with E-state index in [-0.39, 0.29) is 28.1 Å². The first-order valence-electron chi connectivity index (χ1n) is 9.92. The van der Waals surface area contributed by atoms with E-state index in [9.17, 15) is 19.7 Å². The first-order valence-corrected chi connectivity index (χ1v) is 10.3. The quantitative estimate of drug-likeness (QED) is 0.470. The summed E-state index contributed by atoms with van der Waals surface area (Å²) in [6.45, 7) is 1.47. The highest BCUT2D eigenvalue weighted by atomic mass is 35.5. The van der Waals surface area contributed by atoms with E-state index in [0.717, 1.165) is 5.39 Å². The second-order valence-electron chi connectivity index (χ2n) is 7.51. The van der Waals surface area contributed by atoms with Crippen molar-refractivity contribution in [3.63, 3.8) is 0 Å². The van der Waals surface area contributed by atoms with Crippen LogP contribution >= 0.6 is 11.6 Å². The zero-order valence-electron chi connectivity index (χ0n) is 16.5. The van der Waals surface area contributed by atoms with Crippen molar-refractivity contribution < 1.29 is 18.9 Å². The van der Waals surface area contributed by atoms with Crippen LogP contribution in [0.4, 0.5) is 5.69 Å². The number of amides is 2. The van der Waals surface area contributed by atoms with Gasteiger partial charge in [-0.25, -0.2) is 0 Å². The second kappa shape index (κ2) is 8.77. The zero-order chi connectivity index (χ0) is 22.0. The summed E-state index contributed by atoms with van der Waals surface area (Å²) in [6.07, 6.45) is 1.42. The van der Waals surface area contributed by atoms with Crippen LogP contribution in [-0.4, -0.2) is 41.3 Å². The van der Waals surface area contributed by atoms with E-state index in [2.05, 4.69) is 5.32 Å². The Kier molecular flexibility index (Phi) is 5.90. The lowest BCUT2D eigenvalue weighted by Gasteiger charge is -2.31. The van der Waals surface area contributed by atoms with Crippen molar-refractivity contribution in [3.05, 3.63) is 75.0 Å². The van der Waals surface area contributed by atoms with Crippen LogP contribution in [0.1, 0.15) is 33.8 Å². The van der Waals surface area contributed by atoms with Crippen molar-refractivity contribution in [2.45, 2.75) is 12.8 Å². The van der Waals surface area contributed by atoms with Gasteiger partial charge in [-0.05, 0) is 43.0 Å². The molecule has 2 heterocycles. The molecule has 1 fully saturated rings. The molecule has 1 aromatic heterocycles. The number of benzene rings is 2. The van der Waals surface area contributed by atoms with Crippen LogP contribution < -0.4 is 5.32 Å². The van der Waals surface area contributed by atoms with E-state index in [1.54, 1.807) is 11.0 Å². The SMILES string of the molecule is O=C(NCC1CCN(C(=O)c2cc3ccccc3o2)CC1)c1cc(Cl)ccc1[N+](=O)[O-]. The highest BCUT2D eigenvalue weighted by molar-refractivity contribution is 6.31. The fourth-order valence-corrected chi connectivity index (χ4v) is 3.94. The maximum absolute atomic E-state index is 12.7. The van der Waals surface area contributed by atoms with Gasteiger partial charge in [0.25, 0.3) is 17.5 Å². The molecule has 3 aromatic rings. The monoisotopic (exact) mass is 441 g/mol. The second-order valence-corrected chi connectivity index (χ2v) is 7.95. The number of nitro benzene ring substituents is 1. The average Bonchev–Trinajstić information content (AvgIpc) is 3.21. The van der Waals surface area contributed by atoms with Crippen molar-refractivity contribution in [2.24, 2.45) is 5.92 Å². The van der Waals surface area contributed by atoms with Crippen LogP contribution in [0, 0.1) is 16.0 Å². The topological polar surface area (TPSA) is 106 Å². The molecule has 0 radical (unpaired) electrons. The molecule has 8 nitrogen and oxygen atoms in total. The fourth-order valence-electron chi connectivity index (χ4n) is 3.76. The normalized spacial score (nSPS) is 14.5. The molecule has 9 heteroatoms. The van der Waals surface area contributed by atoms with E-state index in [1.165, 1.54) is 18.2 Å². The molecular formula is C22H20ClN3O5. The molecule has 2 amide bonds. The molecule has 1 N–H and O–H groups in total. The summed E-state index contributed by atoms with van der Waals surface area (Å²) < 4.78 is 5.66. The first-order chi connectivity index (χ1) is 14.9. The van der Waals surface area contributed by atoms with Gasteiger partial charge in [0.1, 0.15) is 11.1 Å². The van der Waals surface area contributed by atoms with E-state index < -0.39 is 10.8 Å². The number of nitro groups is 1. The molecule has 4 rings (SSSR count). The smallest absolute Gasteiger partial charge is 0.289 e. The van der Waals surface area contributed by atoms with Gasteiger partial charge in [-0.3, -0.25) is 19.7 Å². The number of hydrogen-bond acceptors (Lipinski definition) is 5. The molecule has 1 aliphatic rings. The average molecular weight is 442 g/mol. The third-order valence-corrected chi connectivity index (χ3v) is 5.72. The number of carbonyl (C=O) groups is 2. The number of furan rings is 1. The molecule has 0 unspecified atom stereocenters. The van der Waals surface area contributed by atoms with Crippen molar-refractivity contribution in [2.75, 3.05) is 19.6 Å². The standard InChI is InChI=1S/C22H20ClN3O5/c23-16-5-6-18(26(29)30)17(12-16)21(27)24-13-14-7-9-25(10-8-14)22(28)20-11-15-3-1-2-4-19(15)31-20/h1-6,11-12,14H,7-10,13H2,(H,24,27). The Morgan fingerprint density at radius 3 is 2.61 bits per heavy atom. The number of rotatable bonds is 5. The molecule has 0 aliphatic carbocycles. The third-order valence-electron chi connectivity index (χ3n) is 5.49. The number of nitrogens with zero attached hydrogens (tertiary/aromatic N) is 2. The van der Waals surface area contributed by atoms with Gasteiger partial charge < -0.3 is 14.6 Å². The van der Waals surface area contributed by atoms with Crippen LogP contribution in [0.2, 0.25) is 5.02 Å². The minimum Gasteiger partial charge on any atom is -0.451 e. The van der Waals surface area contributed by atoms with Gasteiger partial charge in [-0.2, -0.15) is 0 Å². The molecule has 160 valence electrons. The largest absolute Gasteiger partial charge is 0.451 e. The lowest BCUT2D eigenvalue weighted by Crippen LogP contribution is -2.41. The third kappa shape index (κ3) is 4.54. The number of carbonyl (C=O) groups excluding carboxylic acids is 2. The molecule has 0 saturated carbocycles. The van der Waals surface area contributed by atoms with E-state index in [0.29, 0.717) is 43.8 Å². The van der Waals surface area contributed by atoms with E-state index in [4.69, 9.17) is 16.0 Å². The Labute approximate surface area is 182 Å². The van der Waals surface area contributed by atoms with Crippen LogP contribution in [0.15, 0.2) is 52.9 Å². The minimum absolute atomic E-state index is 0.0602. The van der Waals surface area contributed by atoms with Gasteiger partial charge in [0, 0.05) is 36.1 Å². The van der Waals surface area contributed by atoms with E-state index >= 15 is 0 Å². The van der Waals surface area contributed by atoms with Gasteiger partial charge in [0.2, 0.25) is 0 Å². The van der Waals surface area contributed by atoms with Gasteiger partial charge in [0.15, 0.2) is 5.76 Å². The Hall–Kier alpha value is -3.39. The highest BCUT2D eigenvalue weighted by Crippen LogP contribution is 2.25. The molecule has 0 atom stereocenters. The van der Waals surface area contributed by atoms with Crippen molar-refractivity contribution >= 4 is 40.1 Å². The van der Waals surface area contributed by atoms with Gasteiger partial charge in [-0.15, -0.1) is 0 Å². The molecule has 0 spiro atoms. The first kappa shape index (κ1) is 20.9. The van der Waals surface area contributed by atoms with Crippen LogP contribution in [0.5, 0.6) is 0 Å². The zero-order valence-corrected chi connectivity index (χ0v) is 17.3. The number of likely N-dealkylation sites (tertiary alicyclic amines) is 1. The van der Waals surface area contributed by atoms with Gasteiger partial charge >= 0.3 is 0 Å². The maximum atomic E-state index is 12.7. The predicted molar refractivity (Wildman–Crippen MR) is 115 cm³/mol. The summed E-state index contributed by atoms with van der Waals surface area (Å²) in [7, 11) is 0. The number of fused-ring (bicyclic) bond motifs is 1. The number of nitrogens with one attached hydrogen (secondary N) is 1. The Balaban J connectivity index is 1.32. The van der Waals surface area contributed by atoms with Crippen LogP contribution in [0.25, 0.3) is 11.0 Å². The van der Waals surface area contributed by atoms with E-state index in [1.807, 2.05) is 24.3 Å². The molecule has 0 bridgehead atoms. The number of hydrogen-bond donors (Lipinski definition) is 1. The fraction of sp³-hybridized carbons (Fsp3) is 0.273. The van der Waals surface area contributed by atoms with Crippen LogP contribution in [0.3, 0.4) is 0 Å². The number of piperidine rings is 1. The summed E-state index contributed by atoms with van der Waals surface area (Å²) in [6, 6.07) is 13.1. The lowest BCUT2D eigenvalue weighted by atomic mass is 9.96. The van der Waals surface area contributed by atoms with Gasteiger partial charge in [-0.1, -0.05) is 29.8 Å². The van der Waals surface area contributed by atoms with Gasteiger partial charge in [0.05, 0.1) is 4.92 Å². The molecule has 2 aromatic carbocycles. The summed E-state index contributed by atoms with van der Waals surface area (Å²) in [5.74, 6) is -0.189. The highest BCUT2D eigenvalue weighted by Gasteiger charge is 2.27. The maximum Gasteiger partial charge on any atom is 0.289 e. The van der Waals surface area contributed by atoms with Crippen molar-refractivity contribution in [3.8, 4) is 0 Å². The molecule has 31 heavy (non-hydrogen) atoms. The Morgan fingerprint density at radius 1 is 1.16 bits per heavy atom. The lowest BCUT2D eigenvalue weighted by molar-refractivity contribution is -0.385. The Bertz CT molecular complexity index is 1120. The number of halogens is 1. The minimum atomic E-state index is -0.604. The van der Waals surface area contributed by atoms with Crippen molar-refractivity contribution in [1.29, 1.82) is 0 Å². The molecule has 1 aliphatic heterocycles. The summed E-state index contributed by atoms with van der Waals surface area (Å²) in [5, 5.41) is 15.1. The molecule has 1 saturated heterocycles. The summed E-state index contributed by atoms with van der Waals surface area (Å²) >= 11 is 5.89. The number of para-hydroxylation sites is 1. The predicted octanol–water partition coefficient (Wildman–Crippen LogP) is 4.28. The Morgan fingerprint density at radius 2 is 1.90 bits per heavy atom. The van der Waals surface area contributed by atoms with Crippen LogP contribution in [-0.2, 0) is 0 Å². The molecular weight excluding hydrogens is 422 g/mol. The summed E-state index contributed by atoms with van der Waals surface area (Å²) in [4.78, 5) is 37.5.